The second-order valence-corrected chi connectivity index (χ2v) is 6.68. The maximum atomic E-state index is 11.9. The van der Waals surface area contributed by atoms with Gasteiger partial charge in [-0.25, -0.2) is 9.97 Å². The summed E-state index contributed by atoms with van der Waals surface area (Å²) in [6.07, 6.45) is 0.798. The highest BCUT2D eigenvalue weighted by atomic mass is 16.5. The van der Waals surface area contributed by atoms with Gasteiger partial charge in [-0.2, -0.15) is 0 Å². The Balaban J connectivity index is 1.77. The highest BCUT2D eigenvalue weighted by Gasteiger charge is 2.11. The van der Waals surface area contributed by atoms with Crippen molar-refractivity contribution in [1.29, 1.82) is 0 Å². The van der Waals surface area contributed by atoms with Crippen LogP contribution in [0.25, 0.3) is 11.3 Å². The smallest absolute Gasteiger partial charge is 0.198 e. The minimum atomic E-state index is -0.203. The van der Waals surface area contributed by atoms with E-state index in [1.807, 2.05) is 42.5 Å². The van der Waals surface area contributed by atoms with E-state index >= 15 is 0 Å². The second-order valence-electron chi connectivity index (χ2n) is 6.68. The van der Waals surface area contributed by atoms with E-state index < -0.39 is 0 Å². The van der Waals surface area contributed by atoms with Gasteiger partial charge < -0.3 is 10.1 Å². The van der Waals surface area contributed by atoms with Crippen LogP contribution in [-0.2, 0) is 6.42 Å². The maximum absolute atomic E-state index is 11.9. The number of carbonyl (C=O) groups excluding carboxylic acids is 2. The third-order valence-electron chi connectivity index (χ3n) is 4.51. The summed E-state index contributed by atoms with van der Waals surface area (Å²) < 4.78 is 5.17. The van der Waals surface area contributed by atoms with E-state index in [1.54, 1.807) is 19.2 Å². The largest absolute Gasteiger partial charge is 0.497 e. The number of hydrogen-bond donors (Lipinski definition) is 1. The van der Waals surface area contributed by atoms with Crippen molar-refractivity contribution in [2.24, 2.45) is 0 Å². The molecule has 0 saturated heterocycles. The molecule has 0 aliphatic carbocycles. The van der Waals surface area contributed by atoms with Crippen molar-refractivity contribution in [1.82, 2.24) is 9.97 Å². The molecule has 1 heterocycles. The van der Waals surface area contributed by atoms with Gasteiger partial charge in [0.1, 0.15) is 11.6 Å². The van der Waals surface area contributed by atoms with Gasteiger partial charge in [-0.05, 0) is 31.0 Å². The average Bonchev–Trinajstić information content (AvgIpc) is 2.74. The lowest BCUT2D eigenvalue weighted by Crippen LogP contribution is -2.10. The standard InChI is InChI=1S/C23H23N3O3/c1-15(27)18-6-8-19(9-7-18)21-14-22(26-23(25-21)16(2)28)24-13-12-17-4-10-20(29-3)11-5-17/h4-11,14H,12-13H2,1-3H3,(H,24,25,26). The quantitative estimate of drug-likeness (QED) is 0.581. The van der Waals surface area contributed by atoms with Gasteiger partial charge in [-0.15, -0.1) is 0 Å². The van der Waals surface area contributed by atoms with Gasteiger partial charge in [-0.3, -0.25) is 9.59 Å². The van der Waals surface area contributed by atoms with E-state index in [9.17, 15) is 9.59 Å². The fourth-order valence-electron chi connectivity index (χ4n) is 2.85. The van der Waals surface area contributed by atoms with Crippen LogP contribution in [0.15, 0.2) is 54.6 Å². The molecule has 6 heteroatoms. The number of anilines is 1. The Kier molecular flexibility index (Phi) is 6.34. The molecule has 0 radical (unpaired) electrons. The monoisotopic (exact) mass is 389 g/mol. The molecule has 0 fully saturated rings. The molecule has 2 aromatic carbocycles. The van der Waals surface area contributed by atoms with Crippen LogP contribution >= 0.6 is 0 Å². The summed E-state index contributed by atoms with van der Waals surface area (Å²) >= 11 is 0. The van der Waals surface area contributed by atoms with Crippen molar-refractivity contribution in [3.05, 3.63) is 71.5 Å². The first-order valence-corrected chi connectivity index (χ1v) is 9.34. The molecular formula is C23H23N3O3. The SMILES string of the molecule is COc1ccc(CCNc2cc(-c3ccc(C(C)=O)cc3)nc(C(C)=O)n2)cc1. The topological polar surface area (TPSA) is 81.2 Å². The third-order valence-corrected chi connectivity index (χ3v) is 4.51. The van der Waals surface area contributed by atoms with Crippen molar-refractivity contribution in [2.45, 2.75) is 20.3 Å². The molecule has 29 heavy (non-hydrogen) atoms. The molecule has 148 valence electrons. The summed E-state index contributed by atoms with van der Waals surface area (Å²) in [4.78, 5) is 32.0. The van der Waals surface area contributed by atoms with E-state index in [0.29, 0.717) is 23.6 Å². The number of benzene rings is 2. The molecule has 0 aliphatic rings. The lowest BCUT2D eigenvalue weighted by Gasteiger charge is -2.10. The normalized spacial score (nSPS) is 10.4. The summed E-state index contributed by atoms with van der Waals surface area (Å²) in [5, 5.41) is 3.27. The molecule has 3 aromatic rings. The molecule has 0 spiro atoms. The number of carbonyl (C=O) groups is 2. The zero-order valence-electron chi connectivity index (χ0n) is 16.7. The Bertz CT molecular complexity index is 1010. The molecule has 0 unspecified atom stereocenters. The molecule has 0 bridgehead atoms. The first-order chi connectivity index (χ1) is 14.0. The molecule has 1 aromatic heterocycles. The Labute approximate surface area is 170 Å². The van der Waals surface area contributed by atoms with Crippen molar-refractivity contribution in [3.8, 4) is 17.0 Å². The van der Waals surface area contributed by atoms with E-state index in [1.165, 1.54) is 19.4 Å². The number of hydrogen-bond acceptors (Lipinski definition) is 6. The van der Waals surface area contributed by atoms with Crippen LogP contribution < -0.4 is 10.1 Å². The van der Waals surface area contributed by atoms with Crippen LogP contribution in [0.1, 0.15) is 40.4 Å². The van der Waals surface area contributed by atoms with Gasteiger partial charge in [0.25, 0.3) is 0 Å². The summed E-state index contributed by atoms with van der Waals surface area (Å²) in [6.45, 7) is 3.63. The van der Waals surface area contributed by atoms with Gasteiger partial charge in [0.05, 0.1) is 12.8 Å². The van der Waals surface area contributed by atoms with E-state index in [4.69, 9.17) is 4.74 Å². The third kappa shape index (κ3) is 5.25. The molecule has 0 aliphatic heterocycles. The van der Waals surface area contributed by atoms with Crippen LogP contribution in [0.3, 0.4) is 0 Å². The molecule has 0 amide bonds. The maximum Gasteiger partial charge on any atom is 0.198 e. The Hall–Kier alpha value is -3.54. The Morgan fingerprint density at radius 3 is 2.21 bits per heavy atom. The number of nitrogens with zero attached hydrogens (tertiary/aromatic N) is 2. The predicted molar refractivity (Wildman–Crippen MR) is 113 cm³/mol. The molecule has 1 N–H and O–H groups in total. The van der Waals surface area contributed by atoms with Gasteiger partial charge in [0.2, 0.25) is 0 Å². The first kappa shape index (κ1) is 20.2. The minimum Gasteiger partial charge on any atom is -0.497 e. The van der Waals surface area contributed by atoms with E-state index in [-0.39, 0.29) is 17.4 Å². The number of ketones is 2. The fraction of sp³-hybridized carbons (Fsp3) is 0.217. The van der Waals surface area contributed by atoms with Crippen LogP contribution in [-0.4, -0.2) is 35.2 Å². The summed E-state index contributed by atoms with van der Waals surface area (Å²) in [6, 6.07) is 16.9. The number of methoxy groups -OCH3 is 1. The fourth-order valence-corrected chi connectivity index (χ4v) is 2.85. The molecule has 0 saturated carbocycles. The zero-order valence-corrected chi connectivity index (χ0v) is 16.7. The van der Waals surface area contributed by atoms with Crippen LogP contribution in [0.5, 0.6) is 5.75 Å². The predicted octanol–water partition coefficient (Wildman–Crippen LogP) is 4.21. The van der Waals surface area contributed by atoms with Crippen molar-refractivity contribution in [2.75, 3.05) is 19.0 Å². The molecule has 6 nitrogen and oxygen atoms in total. The number of Topliss-reactive ketones (excluding diaryl/α,β-unsaturated/α-hetero) is 2. The van der Waals surface area contributed by atoms with Crippen molar-refractivity contribution in [3.63, 3.8) is 0 Å². The highest BCUT2D eigenvalue weighted by Crippen LogP contribution is 2.21. The van der Waals surface area contributed by atoms with Gasteiger partial charge in [0.15, 0.2) is 17.4 Å². The van der Waals surface area contributed by atoms with E-state index in [2.05, 4.69) is 15.3 Å². The molecule has 0 atom stereocenters. The number of rotatable bonds is 8. The highest BCUT2D eigenvalue weighted by molar-refractivity contribution is 5.94. The average molecular weight is 389 g/mol. The molecular weight excluding hydrogens is 366 g/mol. The van der Waals surface area contributed by atoms with Gasteiger partial charge in [-0.1, -0.05) is 36.4 Å². The second kappa shape index (κ2) is 9.10. The van der Waals surface area contributed by atoms with Crippen molar-refractivity contribution >= 4 is 17.4 Å². The van der Waals surface area contributed by atoms with Crippen LogP contribution in [0.4, 0.5) is 5.82 Å². The van der Waals surface area contributed by atoms with Crippen LogP contribution in [0, 0.1) is 0 Å². The molecule has 3 rings (SSSR count). The number of aromatic nitrogens is 2. The lowest BCUT2D eigenvalue weighted by molar-refractivity contribution is 0.0999. The summed E-state index contributed by atoms with van der Waals surface area (Å²) in [5.41, 5.74) is 3.25. The van der Waals surface area contributed by atoms with E-state index in [0.717, 1.165) is 17.7 Å². The first-order valence-electron chi connectivity index (χ1n) is 9.34. The number of ether oxygens (including phenoxy) is 1. The zero-order chi connectivity index (χ0) is 20.8. The van der Waals surface area contributed by atoms with Gasteiger partial charge in [0, 0.05) is 30.7 Å². The van der Waals surface area contributed by atoms with Crippen molar-refractivity contribution < 1.29 is 14.3 Å². The number of nitrogens with one attached hydrogen (secondary N) is 1. The lowest BCUT2D eigenvalue weighted by atomic mass is 10.1. The van der Waals surface area contributed by atoms with Crippen LogP contribution in [0.2, 0.25) is 0 Å². The minimum absolute atomic E-state index is 0.00421. The Morgan fingerprint density at radius 1 is 0.931 bits per heavy atom. The summed E-state index contributed by atoms with van der Waals surface area (Å²) in [5.74, 6) is 1.37. The summed E-state index contributed by atoms with van der Waals surface area (Å²) in [7, 11) is 1.64. The Morgan fingerprint density at radius 2 is 1.62 bits per heavy atom. The van der Waals surface area contributed by atoms with Gasteiger partial charge >= 0.3 is 0 Å².